The van der Waals surface area contributed by atoms with Gasteiger partial charge in [0.2, 0.25) is 5.91 Å². The van der Waals surface area contributed by atoms with Gasteiger partial charge < -0.3 is 24.6 Å². The number of piperazine rings is 1. The summed E-state index contributed by atoms with van der Waals surface area (Å²) in [4.78, 5) is 31.8. The van der Waals surface area contributed by atoms with E-state index < -0.39 is 16.9 Å². The Morgan fingerprint density at radius 3 is 2.38 bits per heavy atom. The second-order valence-corrected chi connectivity index (χ2v) is 10.3. The fourth-order valence-electron chi connectivity index (χ4n) is 4.67. The van der Waals surface area contributed by atoms with Crippen LogP contribution in [-0.2, 0) is 22.3 Å². The third-order valence-electron chi connectivity index (χ3n) is 6.99. The molecule has 1 N–H and O–H groups in total. The predicted molar refractivity (Wildman–Crippen MR) is 143 cm³/mol. The summed E-state index contributed by atoms with van der Waals surface area (Å²) in [7, 11) is 1.48. The van der Waals surface area contributed by atoms with Crippen molar-refractivity contribution in [3.8, 4) is 5.75 Å². The Balaban J connectivity index is 1.41. The van der Waals surface area contributed by atoms with Crippen molar-refractivity contribution < 1.29 is 32.2 Å². The van der Waals surface area contributed by atoms with E-state index in [1.54, 1.807) is 17.0 Å². The van der Waals surface area contributed by atoms with Crippen LogP contribution < -0.4 is 15.0 Å². The number of alkyl halides is 3. The standard InChI is InChI=1S/C25H31Cl2F3N6O4/c1-16-22(27)23(25(28,29)30)32-36(16)15-21(37)35-7-5-34(6-8-35)19-14-20(39-2)18(26)13-17(19)24(38)31-3-4-33-9-11-40-12-10-33/h13-14H,3-12,15H2,1-2H3,(H,31,38). The lowest BCUT2D eigenvalue weighted by Gasteiger charge is -2.37. The Labute approximate surface area is 239 Å². The maximum absolute atomic E-state index is 13.2. The first kappa shape index (κ1) is 30.2. The van der Waals surface area contributed by atoms with E-state index in [-0.39, 0.29) is 24.1 Å². The second kappa shape index (κ2) is 12.8. The number of hydrogen-bond donors (Lipinski definition) is 1. The van der Waals surface area contributed by atoms with E-state index in [1.165, 1.54) is 14.0 Å². The number of amides is 2. The van der Waals surface area contributed by atoms with Crippen LogP contribution in [0.4, 0.5) is 18.9 Å². The van der Waals surface area contributed by atoms with Crippen LogP contribution in [0.5, 0.6) is 5.75 Å². The van der Waals surface area contributed by atoms with Gasteiger partial charge in [0, 0.05) is 58.4 Å². The van der Waals surface area contributed by atoms with Crippen molar-refractivity contribution in [3.05, 3.63) is 39.1 Å². The number of nitrogens with zero attached hydrogens (tertiary/aromatic N) is 5. The monoisotopic (exact) mass is 606 g/mol. The zero-order valence-electron chi connectivity index (χ0n) is 22.2. The van der Waals surface area contributed by atoms with E-state index in [0.717, 1.165) is 17.8 Å². The van der Waals surface area contributed by atoms with Crippen molar-refractivity contribution in [2.75, 3.05) is 77.6 Å². The minimum atomic E-state index is -4.71. The van der Waals surface area contributed by atoms with Crippen LogP contribution in [0.1, 0.15) is 21.7 Å². The third kappa shape index (κ3) is 6.93. The van der Waals surface area contributed by atoms with Crippen LogP contribution in [0, 0.1) is 6.92 Å². The van der Waals surface area contributed by atoms with Gasteiger partial charge in [-0.25, -0.2) is 0 Å². The summed E-state index contributed by atoms with van der Waals surface area (Å²) < 4.78 is 51.1. The number of ether oxygens (including phenoxy) is 2. The summed E-state index contributed by atoms with van der Waals surface area (Å²) in [5, 5.41) is 6.25. The minimum absolute atomic E-state index is 0.0681. The highest BCUT2D eigenvalue weighted by Gasteiger charge is 2.38. The van der Waals surface area contributed by atoms with Gasteiger partial charge in [-0.05, 0) is 13.0 Å². The Hall–Kier alpha value is -2.74. The number of carbonyl (C=O) groups is 2. The van der Waals surface area contributed by atoms with E-state index >= 15 is 0 Å². The van der Waals surface area contributed by atoms with Gasteiger partial charge in [0.15, 0.2) is 5.69 Å². The highest BCUT2D eigenvalue weighted by molar-refractivity contribution is 6.32. The van der Waals surface area contributed by atoms with E-state index in [9.17, 15) is 22.8 Å². The van der Waals surface area contributed by atoms with Crippen molar-refractivity contribution in [1.29, 1.82) is 0 Å². The van der Waals surface area contributed by atoms with Crippen LogP contribution in [0.2, 0.25) is 10.0 Å². The molecule has 10 nitrogen and oxygen atoms in total. The van der Waals surface area contributed by atoms with E-state index in [0.29, 0.717) is 74.5 Å². The molecule has 0 bridgehead atoms. The normalized spacial score (nSPS) is 16.8. The molecule has 0 saturated carbocycles. The zero-order valence-corrected chi connectivity index (χ0v) is 23.7. The molecule has 0 spiro atoms. The highest BCUT2D eigenvalue weighted by Crippen LogP contribution is 2.36. The van der Waals surface area contributed by atoms with Gasteiger partial charge in [0.25, 0.3) is 5.91 Å². The molecule has 0 atom stereocenters. The molecule has 220 valence electrons. The van der Waals surface area contributed by atoms with Crippen LogP contribution in [-0.4, -0.2) is 104 Å². The summed E-state index contributed by atoms with van der Waals surface area (Å²) in [6.45, 7) is 6.50. The second-order valence-electron chi connectivity index (χ2n) is 9.49. The molecular weight excluding hydrogens is 576 g/mol. The number of rotatable bonds is 8. The topological polar surface area (TPSA) is 92.2 Å². The average molecular weight is 607 g/mol. The van der Waals surface area contributed by atoms with Crippen molar-refractivity contribution in [2.24, 2.45) is 0 Å². The van der Waals surface area contributed by atoms with Crippen molar-refractivity contribution in [1.82, 2.24) is 24.9 Å². The lowest BCUT2D eigenvalue weighted by Crippen LogP contribution is -2.50. The molecule has 0 aliphatic carbocycles. The van der Waals surface area contributed by atoms with E-state index in [1.807, 2.05) is 4.90 Å². The van der Waals surface area contributed by atoms with Crippen LogP contribution in [0.15, 0.2) is 12.1 Å². The molecule has 2 aliphatic heterocycles. The van der Waals surface area contributed by atoms with Crippen molar-refractivity contribution in [2.45, 2.75) is 19.6 Å². The zero-order chi connectivity index (χ0) is 29.0. The highest BCUT2D eigenvalue weighted by atomic mass is 35.5. The summed E-state index contributed by atoms with van der Waals surface area (Å²) >= 11 is 12.2. The number of hydrogen-bond acceptors (Lipinski definition) is 7. The molecule has 40 heavy (non-hydrogen) atoms. The van der Waals surface area contributed by atoms with Gasteiger partial charge in [0.05, 0.1) is 47.3 Å². The minimum Gasteiger partial charge on any atom is -0.495 e. The molecule has 2 aliphatic rings. The Morgan fingerprint density at radius 2 is 1.77 bits per heavy atom. The molecule has 2 fully saturated rings. The van der Waals surface area contributed by atoms with Crippen LogP contribution >= 0.6 is 23.2 Å². The summed E-state index contributed by atoms with van der Waals surface area (Å²) in [5.41, 5.74) is -0.147. The van der Waals surface area contributed by atoms with E-state index in [2.05, 4.69) is 15.3 Å². The Kier molecular flexibility index (Phi) is 9.70. The fraction of sp³-hybridized carbons (Fsp3) is 0.560. The van der Waals surface area contributed by atoms with Gasteiger partial charge in [-0.3, -0.25) is 19.2 Å². The van der Waals surface area contributed by atoms with Gasteiger partial charge in [-0.1, -0.05) is 23.2 Å². The number of methoxy groups -OCH3 is 1. The third-order valence-corrected chi connectivity index (χ3v) is 7.74. The maximum Gasteiger partial charge on any atom is 0.436 e. The van der Waals surface area contributed by atoms with Gasteiger partial charge in [-0.15, -0.1) is 0 Å². The quantitative estimate of drug-likeness (QED) is 0.494. The van der Waals surface area contributed by atoms with Crippen molar-refractivity contribution >= 4 is 40.7 Å². The SMILES string of the molecule is COc1cc(N2CCN(C(=O)Cn3nc(C(F)(F)F)c(Cl)c3C)CC2)c(C(=O)NCCN2CCOCC2)cc1Cl. The smallest absolute Gasteiger partial charge is 0.436 e. The number of morpholine rings is 1. The molecule has 0 unspecified atom stereocenters. The van der Waals surface area contributed by atoms with Crippen LogP contribution in [0.25, 0.3) is 0 Å². The molecule has 3 heterocycles. The number of carbonyl (C=O) groups excluding carboxylic acids is 2. The largest absolute Gasteiger partial charge is 0.495 e. The molecule has 0 radical (unpaired) electrons. The summed E-state index contributed by atoms with van der Waals surface area (Å²) in [6, 6.07) is 3.27. The molecule has 1 aromatic heterocycles. The van der Waals surface area contributed by atoms with Crippen LogP contribution in [0.3, 0.4) is 0 Å². The lowest BCUT2D eigenvalue weighted by molar-refractivity contribution is -0.142. The predicted octanol–water partition coefficient (Wildman–Crippen LogP) is 2.94. The van der Waals surface area contributed by atoms with Gasteiger partial charge in [0.1, 0.15) is 12.3 Å². The van der Waals surface area contributed by atoms with E-state index in [4.69, 9.17) is 32.7 Å². The van der Waals surface area contributed by atoms with Gasteiger partial charge >= 0.3 is 6.18 Å². The lowest BCUT2D eigenvalue weighted by atomic mass is 10.1. The first-order valence-electron chi connectivity index (χ1n) is 12.8. The first-order valence-corrected chi connectivity index (χ1v) is 13.5. The Bertz CT molecular complexity index is 1230. The number of benzene rings is 1. The average Bonchev–Trinajstić information content (AvgIpc) is 3.22. The maximum atomic E-state index is 13.2. The first-order chi connectivity index (χ1) is 19.0. The number of halogens is 5. The molecular formula is C25H31Cl2F3N6O4. The summed E-state index contributed by atoms with van der Waals surface area (Å²) in [6.07, 6.45) is -4.71. The number of aromatic nitrogens is 2. The molecule has 2 saturated heterocycles. The van der Waals surface area contributed by atoms with Gasteiger partial charge in [-0.2, -0.15) is 18.3 Å². The number of nitrogens with one attached hydrogen (secondary N) is 1. The number of anilines is 1. The fourth-order valence-corrected chi connectivity index (χ4v) is 5.16. The Morgan fingerprint density at radius 1 is 1.10 bits per heavy atom. The van der Waals surface area contributed by atoms with Crippen molar-refractivity contribution in [3.63, 3.8) is 0 Å². The molecule has 1 aromatic carbocycles. The summed E-state index contributed by atoms with van der Waals surface area (Å²) in [5.74, 6) is -0.255. The molecule has 4 rings (SSSR count). The molecule has 2 aromatic rings. The molecule has 2 amide bonds. The molecule has 15 heteroatoms.